The molecule has 0 saturated heterocycles. The molecule has 0 radical (unpaired) electrons. The number of sulfonamides is 1. The third-order valence-corrected chi connectivity index (χ3v) is 5.86. The minimum Gasteiger partial charge on any atom is -0.360 e. The Balaban J connectivity index is 2.27. The van der Waals surface area contributed by atoms with Gasteiger partial charge in [-0.15, -0.1) is 0 Å². The number of hydrogen-bond acceptors (Lipinski definition) is 5. The Morgan fingerprint density at radius 1 is 1.20 bits per heavy atom. The Morgan fingerprint density at radius 2 is 1.80 bits per heavy atom. The van der Waals surface area contributed by atoms with E-state index in [2.05, 4.69) is 5.16 Å². The van der Waals surface area contributed by atoms with Crippen LogP contribution in [0.15, 0.2) is 39.8 Å². The lowest BCUT2D eigenvalue weighted by Crippen LogP contribution is -2.44. The molecule has 1 aromatic heterocycles. The molecular weight excluding hydrogens is 342 g/mol. The van der Waals surface area contributed by atoms with Crippen LogP contribution in [0, 0.1) is 13.8 Å². The zero-order chi connectivity index (χ0) is 18.8. The summed E-state index contributed by atoms with van der Waals surface area (Å²) in [6, 6.07) is 9.07. The van der Waals surface area contributed by atoms with Gasteiger partial charge in [0.1, 0.15) is 10.6 Å². The van der Waals surface area contributed by atoms with Crippen molar-refractivity contribution in [1.82, 2.24) is 9.46 Å². The van der Waals surface area contributed by atoms with Crippen LogP contribution in [-0.4, -0.2) is 43.4 Å². The molecule has 1 amide bonds. The number of aryl methyl sites for hydroxylation is 2. The van der Waals surface area contributed by atoms with Gasteiger partial charge >= 0.3 is 0 Å². The van der Waals surface area contributed by atoms with E-state index in [1.165, 1.54) is 14.0 Å². The van der Waals surface area contributed by atoms with Gasteiger partial charge in [0.25, 0.3) is 0 Å². The summed E-state index contributed by atoms with van der Waals surface area (Å²) in [5.74, 6) is -0.0976. The summed E-state index contributed by atoms with van der Waals surface area (Å²) in [4.78, 5) is 14.4. The molecule has 25 heavy (non-hydrogen) atoms. The molecule has 0 aliphatic carbocycles. The highest BCUT2D eigenvalue weighted by Gasteiger charge is 2.31. The maximum absolute atomic E-state index is 12.8. The van der Waals surface area contributed by atoms with Gasteiger partial charge in [-0.1, -0.05) is 23.4 Å². The van der Waals surface area contributed by atoms with Crippen LogP contribution in [0.5, 0.6) is 0 Å². The Hall–Kier alpha value is -2.19. The van der Waals surface area contributed by atoms with Gasteiger partial charge < -0.3 is 9.42 Å². The van der Waals surface area contributed by atoms with Gasteiger partial charge in [0.2, 0.25) is 15.9 Å². The average Bonchev–Trinajstić information content (AvgIpc) is 2.87. The van der Waals surface area contributed by atoms with Gasteiger partial charge in [-0.3, -0.25) is 4.79 Å². The van der Waals surface area contributed by atoms with E-state index in [9.17, 15) is 13.2 Å². The molecular formula is C17H23N3O4S. The number of carbonyl (C=O) groups is 1. The normalized spacial score (nSPS) is 12.0. The molecule has 0 N–H and O–H groups in total. The predicted molar refractivity (Wildman–Crippen MR) is 94.9 cm³/mol. The van der Waals surface area contributed by atoms with Gasteiger partial charge in [-0.2, -0.15) is 4.31 Å². The Labute approximate surface area is 148 Å². The van der Waals surface area contributed by atoms with Crippen LogP contribution in [0.25, 0.3) is 0 Å². The van der Waals surface area contributed by atoms with Crippen molar-refractivity contribution in [3.05, 3.63) is 41.8 Å². The van der Waals surface area contributed by atoms with E-state index in [4.69, 9.17) is 4.52 Å². The zero-order valence-corrected chi connectivity index (χ0v) is 15.9. The smallest absolute Gasteiger partial charge is 0.248 e. The summed E-state index contributed by atoms with van der Waals surface area (Å²) in [5.41, 5.74) is 1.01. The Kier molecular flexibility index (Phi) is 5.64. The van der Waals surface area contributed by atoms with Gasteiger partial charge in [-0.05, 0) is 39.8 Å². The fraction of sp³-hybridized carbons (Fsp3) is 0.412. The predicted octanol–water partition coefficient (Wildman–Crippen LogP) is 2.35. The van der Waals surface area contributed by atoms with Crippen LogP contribution >= 0.6 is 0 Å². The third kappa shape index (κ3) is 3.91. The summed E-state index contributed by atoms with van der Waals surface area (Å²) >= 11 is 0. The van der Waals surface area contributed by atoms with Crippen LogP contribution < -0.4 is 4.90 Å². The number of likely N-dealkylation sites (N-methyl/N-ethyl adjacent to an activating group) is 1. The molecule has 7 nitrogen and oxygen atoms in total. The second-order valence-electron chi connectivity index (χ2n) is 6.11. The number of benzene rings is 1. The first-order chi connectivity index (χ1) is 11.7. The molecule has 8 heteroatoms. The van der Waals surface area contributed by atoms with Crippen LogP contribution in [-0.2, 0) is 14.8 Å². The molecule has 0 fully saturated rings. The van der Waals surface area contributed by atoms with Crippen LogP contribution in [0.1, 0.15) is 25.3 Å². The molecule has 0 saturated carbocycles. The van der Waals surface area contributed by atoms with Gasteiger partial charge in [0, 0.05) is 18.8 Å². The monoisotopic (exact) mass is 365 g/mol. The topological polar surface area (TPSA) is 83.7 Å². The fourth-order valence-corrected chi connectivity index (χ4v) is 4.07. The van der Waals surface area contributed by atoms with E-state index in [-0.39, 0.29) is 34.8 Å². The number of rotatable bonds is 6. The van der Waals surface area contributed by atoms with E-state index in [0.29, 0.717) is 0 Å². The molecule has 1 aromatic carbocycles. The molecule has 0 aliphatic rings. The highest BCUT2D eigenvalue weighted by atomic mass is 32.2. The number of aromatic nitrogens is 1. The van der Waals surface area contributed by atoms with Crippen LogP contribution in [0.2, 0.25) is 0 Å². The number of carbonyl (C=O) groups excluding carboxylic acids is 1. The SMILES string of the molecule is Cc1noc(C)c1S(=O)(=O)N(C)CC(=O)N(c1ccccc1)C(C)C. The lowest BCUT2D eigenvalue weighted by atomic mass is 10.2. The maximum Gasteiger partial charge on any atom is 0.248 e. The number of anilines is 1. The first kappa shape index (κ1) is 19.1. The quantitative estimate of drug-likeness (QED) is 0.785. The second kappa shape index (κ2) is 7.37. The number of hydrogen-bond donors (Lipinski definition) is 0. The van der Waals surface area contributed by atoms with Crippen LogP contribution in [0.3, 0.4) is 0 Å². The minimum absolute atomic E-state index is 0.0126. The van der Waals surface area contributed by atoms with Gasteiger partial charge in [-0.25, -0.2) is 8.42 Å². The molecule has 1 heterocycles. The lowest BCUT2D eigenvalue weighted by Gasteiger charge is -2.28. The van der Waals surface area contributed by atoms with E-state index in [1.807, 2.05) is 44.2 Å². The summed E-state index contributed by atoms with van der Waals surface area (Å²) in [6.45, 7) is 6.58. The number of para-hydroxylation sites is 1. The van der Waals surface area contributed by atoms with Gasteiger partial charge in [0.05, 0.1) is 6.54 Å². The summed E-state index contributed by atoms with van der Waals surface area (Å²) < 4.78 is 31.5. The van der Waals surface area contributed by atoms with Crippen molar-refractivity contribution in [2.75, 3.05) is 18.5 Å². The maximum atomic E-state index is 12.8. The van der Waals surface area contributed by atoms with Gasteiger partial charge in [0.15, 0.2) is 5.76 Å². The number of amides is 1. The van der Waals surface area contributed by atoms with Crippen molar-refractivity contribution < 1.29 is 17.7 Å². The Bertz CT molecular complexity index is 825. The molecule has 0 unspecified atom stereocenters. The average molecular weight is 365 g/mol. The minimum atomic E-state index is -3.86. The van der Waals surface area contributed by atoms with Crippen LogP contribution in [0.4, 0.5) is 5.69 Å². The molecule has 0 aliphatic heterocycles. The third-order valence-electron chi connectivity index (χ3n) is 3.81. The van der Waals surface area contributed by atoms with Crippen molar-refractivity contribution >= 4 is 21.6 Å². The first-order valence-corrected chi connectivity index (χ1v) is 9.36. The lowest BCUT2D eigenvalue weighted by molar-refractivity contribution is -0.119. The molecule has 0 spiro atoms. The number of nitrogens with zero attached hydrogens (tertiary/aromatic N) is 3. The largest absolute Gasteiger partial charge is 0.360 e. The molecule has 0 bridgehead atoms. The fourth-order valence-electron chi connectivity index (χ4n) is 2.67. The zero-order valence-electron chi connectivity index (χ0n) is 15.1. The molecule has 2 rings (SSSR count). The van der Waals surface area contributed by atoms with E-state index in [0.717, 1.165) is 9.99 Å². The Morgan fingerprint density at radius 3 is 2.28 bits per heavy atom. The van der Waals surface area contributed by atoms with E-state index < -0.39 is 10.0 Å². The van der Waals surface area contributed by atoms with Crippen molar-refractivity contribution in [2.45, 2.75) is 38.6 Å². The first-order valence-electron chi connectivity index (χ1n) is 7.92. The van der Waals surface area contributed by atoms with Crippen molar-refractivity contribution in [3.63, 3.8) is 0 Å². The van der Waals surface area contributed by atoms with E-state index in [1.54, 1.807) is 11.8 Å². The molecule has 136 valence electrons. The van der Waals surface area contributed by atoms with E-state index >= 15 is 0 Å². The standard InChI is InChI=1S/C17H23N3O4S/c1-12(2)20(15-9-7-6-8-10-15)16(21)11-19(5)25(22,23)17-13(3)18-24-14(17)4/h6-10,12H,11H2,1-5H3. The molecule has 2 aromatic rings. The summed E-state index contributed by atoms with van der Waals surface area (Å²) in [6.07, 6.45) is 0. The van der Waals surface area contributed by atoms with Crippen molar-refractivity contribution in [3.8, 4) is 0 Å². The highest BCUT2D eigenvalue weighted by Crippen LogP contribution is 2.23. The van der Waals surface area contributed by atoms with Crippen molar-refractivity contribution in [1.29, 1.82) is 0 Å². The summed E-state index contributed by atoms with van der Waals surface area (Å²) in [7, 11) is -2.49. The van der Waals surface area contributed by atoms with Crippen molar-refractivity contribution in [2.24, 2.45) is 0 Å². The highest BCUT2D eigenvalue weighted by molar-refractivity contribution is 7.89. The second-order valence-corrected chi connectivity index (χ2v) is 8.09. The summed E-state index contributed by atoms with van der Waals surface area (Å²) in [5, 5.41) is 3.68. The molecule has 0 atom stereocenters.